The zero-order valence-corrected chi connectivity index (χ0v) is 17.8. The Balaban J connectivity index is 1.83. The van der Waals surface area contributed by atoms with Crippen molar-refractivity contribution in [2.24, 2.45) is 10.9 Å². The first kappa shape index (κ1) is 21.7. The Labute approximate surface area is 165 Å². The van der Waals surface area contributed by atoms with Crippen molar-refractivity contribution in [3.63, 3.8) is 0 Å². The van der Waals surface area contributed by atoms with Crippen molar-refractivity contribution in [3.8, 4) is 0 Å². The molecule has 1 aliphatic rings. The first-order valence-corrected chi connectivity index (χ1v) is 10.4. The molecule has 3 unspecified atom stereocenters. The van der Waals surface area contributed by atoms with Crippen molar-refractivity contribution < 1.29 is 4.74 Å². The Morgan fingerprint density at radius 3 is 2.70 bits per heavy atom. The fraction of sp³-hybridized carbons (Fsp3) is 0.682. The van der Waals surface area contributed by atoms with E-state index in [2.05, 4.69) is 72.6 Å². The van der Waals surface area contributed by atoms with Crippen molar-refractivity contribution in [1.82, 2.24) is 15.5 Å². The number of likely N-dealkylation sites (N-methyl/N-ethyl adjacent to an activating group) is 1. The van der Waals surface area contributed by atoms with Crippen molar-refractivity contribution in [1.29, 1.82) is 0 Å². The molecule has 5 heteroatoms. The lowest BCUT2D eigenvalue weighted by Gasteiger charge is -2.32. The molecular formula is C22H38N4O. The molecule has 1 saturated heterocycles. The van der Waals surface area contributed by atoms with Crippen molar-refractivity contribution in [3.05, 3.63) is 35.4 Å². The zero-order valence-electron chi connectivity index (χ0n) is 17.8. The van der Waals surface area contributed by atoms with Crippen LogP contribution in [-0.2, 0) is 4.74 Å². The molecule has 0 aromatic heterocycles. The van der Waals surface area contributed by atoms with Gasteiger partial charge >= 0.3 is 0 Å². The third-order valence-electron chi connectivity index (χ3n) is 5.71. The third kappa shape index (κ3) is 6.82. The summed E-state index contributed by atoms with van der Waals surface area (Å²) in [4.78, 5) is 6.76. The predicted octanol–water partition coefficient (Wildman–Crippen LogP) is 3.36. The molecule has 1 aliphatic heterocycles. The average Bonchev–Trinajstić information content (AvgIpc) is 2.70. The van der Waals surface area contributed by atoms with Gasteiger partial charge in [0.15, 0.2) is 5.96 Å². The van der Waals surface area contributed by atoms with E-state index in [0.29, 0.717) is 12.0 Å². The number of aliphatic imine (C=N–C) groups is 1. The Morgan fingerprint density at radius 1 is 1.30 bits per heavy atom. The largest absolute Gasteiger partial charge is 0.373 e. The zero-order chi connectivity index (χ0) is 19.6. The molecule has 1 heterocycles. The normalized spacial score (nSPS) is 21.9. The quantitative estimate of drug-likeness (QED) is 0.541. The van der Waals surface area contributed by atoms with Gasteiger partial charge in [0, 0.05) is 45.2 Å². The van der Waals surface area contributed by atoms with E-state index >= 15 is 0 Å². The molecule has 0 bridgehead atoms. The van der Waals surface area contributed by atoms with Gasteiger partial charge in [0.05, 0.1) is 6.10 Å². The van der Waals surface area contributed by atoms with Crippen LogP contribution in [0.5, 0.6) is 0 Å². The summed E-state index contributed by atoms with van der Waals surface area (Å²) < 4.78 is 6.13. The van der Waals surface area contributed by atoms with Gasteiger partial charge in [-0.15, -0.1) is 0 Å². The predicted molar refractivity (Wildman–Crippen MR) is 114 cm³/mol. The number of nitrogens with one attached hydrogen (secondary N) is 2. The second kappa shape index (κ2) is 11.3. The van der Waals surface area contributed by atoms with Crippen molar-refractivity contribution in [2.45, 2.75) is 52.2 Å². The summed E-state index contributed by atoms with van der Waals surface area (Å²) in [5.41, 5.74) is 2.57. The van der Waals surface area contributed by atoms with Gasteiger partial charge in [-0.2, -0.15) is 0 Å². The highest BCUT2D eigenvalue weighted by Gasteiger charge is 2.27. The van der Waals surface area contributed by atoms with Gasteiger partial charge in [0.25, 0.3) is 0 Å². The molecule has 3 atom stereocenters. The maximum atomic E-state index is 6.13. The molecule has 0 saturated carbocycles. The Hall–Kier alpha value is -1.59. The van der Waals surface area contributed by atoms with Crippen LogP contribution in [0.2, 0.25) is 0 Å². The average molecular weight is 375 g/mol. The summed E-state index contributed by atoms with van der Waals surface area (Å²) >= 11 is 0. The summed E-state index contributed by atoms with van der Waals surface area (Å²) in [6.07, 6.45) is 3.65. The molecule has 1 aromatic carbocycles. The summed E-state index contributed by atoms with van der Waals surface area (Å²) in [6.45, 7) is 10.2. The van der Waals surface area contributed by atoms with Crippen LogP contribution in [0, 0.1) is 12.8 Å². The molecule has 5 nitrogen and oxygen atoms in total. The number of hydrogen-bond donors (Lipinski definition) is 2. The molecular weight excluding hydrogens is 336 g/mol. The van der Waals surface area contributed by atoms with Crippen LogP contribution < -0.4 is 10.6 Å². The van der Waals surface area contributed by atoms with E-state index in [1.54, 1.807) is 0 Å². The highest BCUT2D eigenvalue weighted by Crippen LogP contribution is 2.33. The summed E-state index contributed by atoms with van der Waals surface area (Å²) in [5.74, 6) is 1.34. The fourth-order valence-corrected chi connectivity index (χ4v) is 3.51. The number of nitrogens with zero attached hydrogens (tertiary/aromatic N) is 2. The van der Waals surface area contributed by atoms with Gasteiger partial charge < -0.3 is 20.3 Å². The molecule has 1 aromatic rings. The van der Waals surface area contributed by atoms with Crippen molar-refractivity contribution in [2.75, 3.05) is 40.3 Å². The standard InChI is InChI=1S/C22H38N4O/c1-6-18(3)26(5)14-13-24-22(23-4)25-16-20-8-7-15-27-21(20)19-11-9-17(2)10-12-19/h9-12,18,20-21H,6-8,13-16H2,1-5H3,(H2,23,24,25). The topological polar surface area (TPSA) is 48.9 Å². The number of ether oxygens (including phenoxy) is 1. The van der Waals surface area contributed by atoms with E-state index < -0.39 is 0 Å². The summed E-state index contributed by atoms with van der Waals surface area (Å²) in [7, 11) is 4.01. The lowest BCUT2D eigenvalue weighted by Crippen LogP contribution is -2.44. The molecule has 0 aliphatic carbocycles. The third-order valence-corrected chi connectivity index (χ3v) is 5.71. The maximum Gasteiger partial charge on any atom is 0.191 e. The molecule has 0 radical (unpaired) electrons. The highest BCUT2D eigenvalue weighted by atomic mass is 16.5. The first-order chi connectivity index (χ1) is 13.0. The van der Waals surface area contributed by atoms with Gasteiger partial charge in [0.1, 0.15) is 0 Å². The Kier molecular flexibility index (Phi) is 9.08. The Morgan fingerprint density at radius 2 is 2.04 bits per heavy atom. The lowest BCUT2D eigenvalue weighted by atomic mass is 9.89. The van der Waals surface area contributed by atoms with Crippen molar-refractivity contribution >= 4 is 5.96 Å². The van der Waals surface area contributed by atoms with Gasteiger partial charge in [-0.1, -0.05) is 36.8 Å². The molecule has 152 valence electrons. The van der Waals surface area contributed by atoms with Crippen LogP contribution >= 0.6 is 0 Å². The van der Waals surface area contributed by atoms with E-state index in [4.69, 9.17) is 4.74 Å². The van der Waals surface area contributed by atoms with Crippen LogP contribution in [0.15, 0.2) is 29.3 Å². The number of benzene rings is 1. The van der Waals surface area contributed by atoms with Crippen LogP contribution in [0.3, 0.4) is 0 Å². The summed E-state index contributed by atoms with van der Waals surface area (Å²) in [5, 5.41) is 6.94. The monoisotopic (exact) mass is 374 g/mol. The second-order valence-corrected chi connectivity index (χ2v) is 7.72. The van der Waals surface area contributed by atoms with E-state index in [9.17, 15) is 0 Å². The molecule has 27 heavy (non-hydrogen) atoms. The molecule has 0 spiro atoms. The van der Waals surface area contributed by atoms with Gasteiger partial charge in [0.2, 0.25) is 0 Å². The molecule has 0 amide bonds. The second-order valence-electron chi connectivity index (χ2n) is 7.72. The van der Waals surface area contributed by atoms with E-state index in [1.807, 2.05) is 7.05 Å². The van der Waals surface area contributed by atoms with E-state index in [1.165, 1.54) is 24.0 Å². The van der Waals surface area contributed by atoms with Crippen LogP contribution in [0.1, 0.15) is 50.3 Å². The number of aryl methyl sites for hydroxylation is 1. The van der Waals surface area contributed by atoms with E-state index in [0.717, 1.165) is 38.6 Å². The Bertz CT molecular complexity index is 572. The maximum absolute atomic E-state index is 6.13. The summed E-state index contributed by atoms with van der Waals surface area (Å²) in [6, 6.07) is 9.36. The molecule has 2 rings (SSSR count). The first-order valence-electron chi connectivity index (χ1n) is 10.4. The minimum atomic E-state index is 0.168. The van der Waals surface area contributed by atoms with Crippen LogP contribution in [-0.4, -0.2) is 57.2 Å². The van der Waals surface area contributed by atoms with Crippen LogP contribution in [0.25, 0.3) is 0 Å². The van der Waals surface area contributed by atoms with Crippen LogP contribution in [0.4, 0.5) is 0 Å². The fourth-order valence-electron chi connectivity index (χ4n) is 3.51. The SMILES string of the molecule is CCC(C)N(C)CCNC(=NC)NCC1CCCOC1c1ccc(C)cc1. The van der Waals surface area contributed by atoms with E-state index in [-0.39, 0.29) is 6.10 Å². The van der Waals surface area contributed by atoms with Gasteiger partial charge in [-0.25, -0.2) is 0 Å². The number of rotatable bonds is 8. The smallest absolute Gasteiger partial charge is 0.191 e. The minimum absolute atomic E-state index is 0.168. The van der Waals surface area contributed by atoms with Gasteiger partial charge in [-0.3, -0.25) is 4.99 Å². The molecule has 2 N–H and O–H groups in total. The minimum Gasteiger partial charge on any atom is -0.373 e. The molecule has 1 fully saturated rings. The number of hydrogen-bond acceptors (Lipinski definition) is 3. The highest BCUT2D eigenvalue weighted by molar-refractivity contribution is 5.79. The number of guanidine groups is 1. The lowest BCUT2D eigenvalue weighted by molar-refractivity contribution is -0.0265. The van der Waals surface area contributed by atoms with Gasteiger partial charge in [-0.05, 0) is 45.7 Å².